The molecule has 0 spiro atoms. The van der Waals surface area contributed by atoms with Crippen LogP contribution < -0.4 is 15.0 Å². The minimum Gasteiger partial charge on any atom is -0.484 e. The molecule has 2 amide bonds. The molecular formula is C27H22ClFN6O3. The summed E-state index contributed by atoms with van der Waals surface area (Å²) in [6.45, 7) is 2.04. The smallest absolute Gasteiger partial charge is 0.326 e. The SMILES string of the molecule is Cc1noc(-c2cc3c(c(C4CC4)n2)CN(c2cc4c(cc2Cl)CCC(c2ncccc2F)O4)C(=O)N3)n1. The highest BCUT2D eigenvalue weighted by Crippen LogP contribution is 2.46. The standard InChI is InChI=1S/C27H22ClFN6O3/c1-13-31-26(38-34-13)20-10-19-16(24(32-20)14-4-5-14)12-35(27(36)33-19)21-11-23-15(9-17(21)28)6-7-22(37-23)25-18(29)3-2-8-30-25/h2-3,8-11,14,22H,4-7,12H2,1H3,(H,33,36). The van der Waals surface area contributed by atoms with Crippen molar-refractivity contribution in [3.05, 3.63) is 75.7 Å². The Morgan fingerprint density at radius 2 is 2.03 bits per heavy atom. The Morgan fingerprint density at radius 3 is 2.79 bits per heavy atom. The second-order valence-corrected chi connectivity index (χ2v) is 10.2. The monoisotopic (exact) mass is 532 g/mol. The summed E-state index contributed by atoms with van der Waals surface area (Å²) in [7, 11) is 0. The zero-order valence-electron chi connectivity index (χ0n) is 20.4. The number of benzene rings is 1. The van der Waals surface area contributed by atoms with E-state index in [1.807, 2.05) is 6.07 Å². The predicted molar refractivity (Wildman–Crippen MR) is 137 cm³/mol. The van der Waals surface area contributed by atoms with E-state index in [4.69, 9.17) is 25.8 Å². The van der Waals surface area contributed by atoms with Crippen LogP contribution in [0.25, 0.3) is 11.6 Å². The number of anilines is 2. The Balaban J connectivity index is 1.24. The van der Waals surface area contributed by atoms with Crippen LogP contribution in [0.1, 0.15) is 59.6 Å². The van der Waals surface area contributed by atoms with Crippen LogP contribution in [0, 0.1) is 12.7 Å². The van der Waals surface area contributed by atoms with E-state index in [0.29, 0.717) is 64.9 Å². The highest BCUT2D eigenvalue weighted by Gasteiger charge is 2.36. The van der Waals surface area contributed by atoms with Gasteiger partial charge in [0, 0.05) is 23.7 Å². The first-order valence-electron chi connectivity index (χ1n) is 12.5. The second kappa shape index (κ2) is 8.76. The quantitative estimate of drug-likeness (QED) is 0.337. The molecule has 9 nitrogen and oxygen atoms in total. The number of nitrogens with zero attached hydrogens (tertiary/aromatic N) is 5. The van der Waals surface area contributed by atoms with E-state index in [1.54, 1.807) is 36.2 Å². The number of aryl methyl sites for hydroxylation is 2. The van der Waals surface area contributed by atoms with E-state index in [2.05, 4.69) is 20.4 Å². The van der Waals surface area contributed by atoms with Crippen molar-refractivity contribution in [2.24, 2.45) is 0 Å². The van der Waals surface area contributed by atoms with Gasteiger partial charge in [-0.25, -0.2) is 14.2 Å². The van der Waals surface area contributed by atoms with Crippen LogP contribution in [0.4, 0.5) is 20.6 Å². The molecule has 1 atom stereocenters. The molecule has 7 rings (SSSR count). The summed E-state index contributed by atoms with van der Waals surface area (Å²) in [4.78, 5) is 28.3. The average Bonchev–Trinajstić information content (AvgIpc) is 3.67. The Labute approximate surface area is 222 Å². The zero-order valence-corrected chi connectivity index (χ0v) is 21.1. The van der Waals surface area contributed by atoms with Gasteiger partial charge >= 0.3 is 6.03 Å². The topological polar surface area (TPSA) is 106 Å². The van der Waals surface area contributed by atoms with Crippen LogP contribution >= 0.6 is 11.6 Å². The third kappa shape index (κ3) is 3.96. The number of hydrogen-bond acceptors (Lipinski definition) is 7. The van der Waals surface area contributed by atoms with Gasteiger partial charge in [0.25, 0.3) is 5.89 Å². The van der Waals surface area contributed by atoms with E-state index in [0.717, 1.165) is 29.7 Å². The molecule has 1 aromatic carbocycles. The maximum atomic E-state index is 14.4. The number of halogens is 2. The van der Waals surface area contributed by atoms with Gasteiger partial charge in [-0.15, -0.1) is 0 Å². The maximum absolute atomic E-state index is 14.4. The largest absolute Gasteiger partial charge is 0.484 e. The molecule has 1 aliphatic carbocycles. The normalized spacial score (nSPS) is 18.4. The minimum absolute atomic E-state index is 0.270. The van der Waals surface area contributed by atoms with Crippen LogP contribution in [0.3, 0.4) is 0 Å². The molecule has 2 aliphatic heterocycles. The Morgan fingerprint density at radius 1 is 1.16 bits per heavy atom. The van der Waals surface area contributed by atoms with E-state index in [1.165, 1.54) is 6.07 Å². The number of rotatable bonds is 4. The van der Waals surface area contributed by atoms with Gasteiger partial charge < -0.3 is 14.6 Å². The van der Waals surface area contributed by atoms with Gasteiger partial charge in [-0.05, 0) is 62.4 Å². The molecule has 3 aliphatic rings. The lowest BCUT2D eigenvalue weighted by molar-refractivity contribution is 0.167. The highest BCUT2D eigenvalue weighted by atomic mass is 35.5. The Bertz CT molecular complexity index is 1600. The number of aromatic nitrogens is 4. The fraction of sp³-hybridized carbons (Fsp3) is 0.296. The first-order chi connectivity index (χ1) is 18.4. The van der Waals surface area contributed by atoms with Crippen molar-refractivity contribution in [1.82, 2.24) is 20.1 Å². The Kier molecular flexibility index (Phi) is 5.33. The van der Waals surface area contributed by atoms with E-state index in [9.17, 15) is 9.18 Å². The highest BCUT2D eigenvalue weighted by molar-refractivity contribution is 6.34. The first kappa shape index (κ1) is 23.1. The third-order valence-electron chi connectivity index (χ3n) is 7.13. The van der Waals surface area contributed by atoms with Gasteiger partial charge in [-0.2, -0.15) is 4.98 Å². The molecule has 3 aromatic heterocycles. The summed E-state index contributed by atoms with van der Waals surface area (Å²) in [6.07, 6.45) is 4.31. The van der Waals surface area contributed by atoms with E-state index >= 15 is 0 Å². The van der Waals surface area contributed by atoms with Crippen molar-refractivity contribution >= 4 is 29.0 Å². The van der Waals surface area contributed by atoms with Crippen molar-refractivity contribution in [3.63, 3.8) is 0 Å². The van der Waals surface area contributed by atoms with E-state index < -0.39 is 11.9 Å². The summed E-state index contributed by atoms with van der Waals surface area (Å²) in [5, 5.41) is 7.30. The van der Waals surface area contributed by atoms with Crippen LogP contribution in [-0.2, 0) is 13.0 Å². The molecule has 1 saturated carbocycles. The van der Waals surface area contributed by atoms with Gasteiger partial charge in [0.2, 0.25) is 0 Å². The lowest BCUT2D eigenvalue weighted by Gasteiger charge is -2.33. The Hall–Kier alpha value is -4.05. The molecule has 1 N–H and O–H groups in total. The zero-order chi connectivity index (χ0) is 26.0. The van der Waals surface area contributed by atoms with Crippen LogP contribution in [0.2, 0.25) is 5.02 Å². The summed E-state index contributed by atoms with van der Waals surface area (Å²) in [6, 6.07) is 7.95. The third-order valence-corrected chi connectivity index (χ3v) is 7.43. The number of carbonyl (C=O) groups excluding carboxylic acids is 1. The number of amides is 2. The van der Waals surface area contributed by atoms with Crippen molar-refractivity contribution in [3.8, 4) is 17.3 Å². The first-order valence-corrected chi connectivity index (χ1v) is 12.8. The molecule has 11 heteroatoms. The molecule has 4 aromatic rings. The molecule has 0 radical (unpaired) electrons. The number of nitrogens with one attached hydrogen (secondary N) is 1. The van der Waals surface area contributed by atoms with Gasteiger partial charge in [0.05, 0.1) is 28.6 Å². The van der Waals surface area contributed by atoms with Crippen LogP contribution in [-0.4, -0.2) is 26.1 Å². The average molecular weight is 533 g/mol. The number of fused-ring (bicyclic) bond motifs is 2. The fourth-order valence-corrected chi connectivity index (χ4v) is 5.39. The molecular weight excluding hydrogens is 511 g/mol. The fourth-order valence-electron chi connectivity index (χ4n) is 5.10. The second-order valence-electron chi connectivity index (χ2n) is 9.78. The van der Waals surface area contributed by atoms with Crippen molar-refractivity contribution < 1.29 is 18.4 Å². The molecule has 0 saturated heterocycles. The molecule has 5 heterocycles. The molecule has 1 unspecified atom stereocenters. The van der Waals surface area contributed by atoms with Crippen LogP contribution in [0.5, 0.6) is 5.75 Å². The van der Waals surface area contributed by atoms with Gasteiger partial charge in [-0.1, -0.05) is 16.8 Å². The van der Waals surface area contributed by atoms with Gasteiger partial charge in [0.15, 0.2) is 5.82 Å². The predicted octanol–water partition coefficient (Wildman–Crippen LogP) is 6.12. The van der Waals surface area contributed by atoms with Crippen LogP contribution in [0.15, 0.2) is 41.1 Å². The molecule has 192 valence electrons. The number of carbonyl (C=O) groups is 1. The molecule has 1 fully saturated rings. The lowest BCUT2D eigenvalue weighted by atomic mass is 9.98. The van der Waals surface area contributed by atoms with E-state index in [-0.39, 0.29) is 11.7 Å². The molecule has 0 bridgehead atoms. The summed E-state index contributed by atoms with van der Waals surface area (Å²) in [5.41, 5.74) is 4.73. The summed E-state index contributed by atoms with van der Waals surface area (Å²) in [5.74, 6) is 1.29. The van der Waals surface area contributed by atoms with Crippen molar-refractivity contribution in [2.75, 3.05) is 10.2 Å². The number of urea groups is 1. The maximum Gasteiger partial charge on any atom is 0.326 e. The number of pyridine rings is 2. The summed E-state index contributed by atoms with van der Waals surface area (Å²) < 4.78 is 25.9. The van der Waals surface area contributed by atoms with Gasteiger partial charge in [-0.3, -0.25) is 9.88 Å². The van der Waals surface area contributed by atoms with Gasteiger partial charge in [0.1, 0.15) is 29.1 Å². The number of ether oxygens (including phenoxy) is 1. The number of hydrogen-bond donors (Lipinski definition) is 1. The molecule has 38 heavy (non-hydrogen) atoms. The van der Waals surface area contributed by atoms with Crippen molar-refractivity contribution in [2.45, 2.75) is 51.2 Å². The lowest BCUT2D eigenvalue weighted by Crippen LogP contribution is -2.39. The van der Waals surface area contributed by atoms with Crippen molar-refractivity contribution in [1.29, 1.82) is 0 Å². The minimum atomic E-state index is -0.522. The summed E-state index contributed by atoms with van der Waals surface area (Å²) >= 11 is 6.70.